The van der Waals surface area contributed by atoms with Crippen LogP contribution in [0.5, 0.6) is 0 Å². The summed E-state index contributed by atoms with van der Waals surface area (Å²) in [6.45, 7) is 4.49. The number of fused-ring (bicyclic) bond motifs is 1. The van der Waals surface area contributed by atoms with Gasteiger partial charge in [-0.2, -0.15) is 0 Å². The lowest BCUT2D eigenvalue weighted by Gasteiger charge is -2.32. The smallest absolute Gasteiger partial charge is 0.221 e. The van der Waals surface area contributed by atoms with Crippen LogP contribution in [0, 0.1) is 0 Å². The predicted molar refractivity (Wildman–Crippen MR) is 118 cm³/mol. The molecule has 27 heavy (non-hydrogen) atoms. The second kappa shape index (κ2) is 7.65. The molecule has 2 N–H and O–H groups in total. The summed E-state index contributed by atoms with van der Waals surface area (Å²) in [4.78, 5) is 19.3. The Balaban J connectivity index is 1.69. The highest BCUT2D eigenvalue weighted by Gasteiger charge is 2.40. The Hall–Kier alpha value is -1.23. The van der Waals surface area contributed by atoms with E-state index in [0.29, 0.717) is 18.5 Å². The number of carbonyl (C=O) groups excluding carboxylic acids is 1. The maximum absolute atomic E-state index is 11.4. The first-order valence-electron chi connectivity index (χ1n) is 8.52. The van der Waals surface area contributed by atoms with Gasteiger partial charge in [-0.15, -0.1) is 0 Å². The van der Waals surface area contributed by atoms with Crippen molar-refractivity contribution in [2.75, 3.05) is 31.6 Å². The predicted octanol–water partition coefficient (Wildman–Crippen LogP) is 3.56. The van der Waals surface area contributed by atoms with E-state index < -0.39 is 0 Å². The third kappa shape index (κ3) is 3.98. The number of anilines is 1. The zero-order chi connectivity index (χ0) is 19.0. The van der Waals surface area contributed by atoms with Crippen LogP contribution < -0.4 is 10.6 Å². The summed E-state index contributed by atoms with van der Waals surface area (Å²) < 4.78 is 5.14. The van der Waals surface area contributed by atoms with Gasteiger partial charge in [-0.1, -0.05) is 46.5 Å². The summed E-state index contributed by atoms with van der Waals surface area (Å²) in [5.41, 5.74) is 2.85. The summed E-state index contributed by atoms with van der Waals surface area (Å²) in [6, 6.07) is 7.92. The zero-order valence-electron chi connectivity index (χ0n) is 14.6. The van der Waals surface area contributed by atoms with Gasteiger partial charge >= 0.3 is 0 Å². The molecule has 1 aromatic rings. The Morgan fingerprint density at radius 1 is 1.44 bits per heavy atom. The van der Waals surface area contributed by atoms with Crippen molar-refractivity contribution in [1.82, 2.24) is 10.2 Å². The van der Waals surface area contributed by atoms with E-state index in [1.165, 1.54) is 6.92 Å². The number of amidine groups is 1. The molecule has 0 saturated carbocycles. The first-order chi connectivity index (χ1) is 12.9. The second-order valence-electron chi connectivity index (χ2n) is 6.35. The summed E-state index contributed by atoms with van der Waals surface area (Å²) in [7, 11) is 0. The van der Waals surface area contributed by atoms with Crippen molar-refractivity contribution in [3.05, 3.63) is 52.3 Å². The number of nitrogens with one attached hydrogen (secondary N) is 2. The standard InChI is InChI=1S/C18H18ClIN4O2S/c1-11(25)21-13-4-2-3-12(9-13)18(20)10-14-15(27-18)16(23-17(19)22-14)24-5-7-26-8-6-24/h2-4,9-10H,5-8H2,1H3,(H,21,25)(H,22,23). The minimum atomic E-state index is -0.321. The number of morpholine rings is 1. The van der Waals surface area contributed by atoms with Crippen molar-refractivity contribution >= 4 is 62.8 Å². The van der Waals surface area contributed by atoms with E-state index in [0.717, 1.165) is 40.8 Å². The molecule has 0 bridgehead atoms. The van der Waals surface area contributed by atoms with Crippen LogP contribution in [0.25, 0.3) is 0 Å². The van der Waals surface area contributed by atoms with Gasteiger partial charge in [-0.05, 0) is 35.4 Å². The van der Waals surface area contributed by atoms with Gasteiger partial charge in [0.15, 0.2) is 0 Å². The molecule has 1 fully saturated rings. The van der Waals surface area contributed by atoms with Crippen molar-refractivity contribution in [3.8, 4) is 0 Å². The average Bonchev–Trinajstić information content (AvgIpc) is 2.99. The number of amides is 1. The maximum atomic E-state index is 11.4. The van der Waals surface area contributed by atoms with Gasteiger partial charge in [0.2, 0.25) is 11.2 Å². The summed E-state index contributed by atoms with van der Waals surface area (Å²) >= 11 is 10.4. The number of alkyl halides is 1. The highest BCUT2D eigenvalue weighted by molar-refractivity contribution is 14.1. The molecule has 4 rings (SSSR count). The molecular weight excluding hydrogens is 499 g/mol. The van der Waals surface area contributed by atoms with Crippen LogP contribution in [-0.2, 0) is 12.3 Å². The highest BCUT2D eigenvalue weighted by atomic mass is 127. The number of nitrogens with zero attached hydrogens (tertiary/aromatic N) is 2. The van der Waals surface area contributed by atoms with Gasteiger partial charge < -0.3 is 20.3 Å². The van der Waals surface area contributed by atoms with Crippen LogP contribution >= 0.6 is 46.0 Å². The molecule has 1 saturated heterocycles. The molecule has 0 radical (unpaired) electrons. The number of ether oxygens (including phenoxy) is 1. The molecule has 3 heterocycles. The zero-order valence-corrected chi connectivity index (χ0v) is 18.3. The third-order valence-electron chi connectivity index (χ3n) is 4.36. The molecule has 9 heteroatoms. The van der Waals surface area contributed by atoms with E-state index in [-0.39, 0.29) is 8.66 Å². The summed E-state index contributed by atoms with van der Waals surface area (Å²) in [6.07, 6.45) is 2.16. The Morgan fingerprint density at radius 2 is 2.22 bits per heavy atom. The van der Waals surface area contributed by atoms with Gasteiger partial charge in [0.25, 0.3) is 0 Å². The third-order valence-corrected chi connectivity index (χ3v) is 7.39. The van der Waals surface area contributed by atoms with E-state index >= 15 is 0 Å². The van der Waals surface area contributed by atoms with Gasteiger partial charge in [-0.3, -0.25) is 4.79 Å². The van der Waals surface area contributed by atoms with Gasteiger partial charge in [0, 0.05) is 25.7 Å². The minimum Gasteiger partial charge on any atom is -0.378 e. The molecule has 3 aliphatic rings. The number of aliphatic imine (C=N–C) groups is 1. The van der Waals surface area contributed by atoms with Crippen molar-refractivity contribution in [2.24, 2.45) is 4.99 Å². The summed E-state index contributed by atoms with van der Waals surface area (Å²) in [5, 5.41) is 6.41. The molecular formula is C18H18ClIN4O2S. The van der Waals surface area contributed by atoms with E-state index in [2.05, 4.69) is 55.3 Å². The van der Waals surface area contributed by atoms with E-state index in [1.54, 1.807) is 11.8 Å². The fourth-order valence-corrected chi connectivity index (χ4v) is 5.86. The van der Waals surface area contributed by atoms with Gasteiger partial charge in [-0.25, -0.2) is 4.99 Å². The molecule has 3 aliphatic heterocycles. The molecule has 1 amide bonds. The van der Waals surface area contributed by atoms with Crippen LogP contribution in [0.4, 0.5) is 5.69 Å². The lowest BCUT2D eigenvalue weighted by molar-refractivity contribution is -0.114. The Labute approximate surface area is 180 Å². The number of carbonyl (C=O) groups is 1. The van der Waals surface area contributed by atoms with Gasteiger partial charge in [0.05, 0.1) is 23.8 Å². The van der Waals surface area contributed by atoms with Gasteiger partial charge in [0.1, 0.15) is 8.57 Å². The molecule has 0 aromatic heterocycles. The largest absolute Gasteiger partial charge is 0.378 e. The second-order valence-corrected chi connectivity index (χ2v) is 10.4. The van der Waals surface area contributed by atoms with Crippen LogP contribution in [0.2, 0.25) is 0 Å². The Kier molecular flexibility index (Phi) is 5.41. The fourth-order valence-electron chi connectivity index (χ4n) is 3.17. The maximum Gasteiger partial charge on any atom is 0.221 e. The van der Waals surface area contributed by atoms with Crippen molar-refractivity contribution in [2.45, 2.75) is 9.68 Å². The van der Waals surface area contributed by atoms with E-state index in [9.17, 15) is 4.79 Å². The van der Waals surface area contributed by atoms with E-state index in [1.807, 2.05) is 18.2 Å². The molecule has 1 aromatic carbocycles. The molecule has 1 unspecified atom stereocenters. The van der Waals surface area contributed by atoms with Crippen molar-refractivity contribution in [3.63, 3.8) is 0 Å². The van der Waals surface area contributed by atoms with Crippen molar-refractivity contribution in [1.29, 1.82) is 0 Å². The first-order valence-corrected chi connectivity index (χ1v) is 10.8. The Morgan fingerprint density at radius 3 is 2.96 bits per heavy atom. The highest BCUT2D eigenvalue weighted by Crippen LogP contribution is 2.57. The first kappa shape index (κ1) is 19.1. The van der Waals surface area contributed by atoms with E-state index in [4.69, 9.17) is 16.3 Å². The van der Waals surface area contributed by atoms with Crippen LogP contribution in [0.15, 0.2) is 51.8 Å². The molecule has 0 aliphatic carbocycles. The molecule has 0 spiro atoms. The monoisotopic (exact) mass is 516 g/mol. The Bertz CT molecular complexity index is 882. The number of benzene rings is 1. The summed E-state index contributed by atoms with van der Waals surface area (Å²) in [5.74, 6) is 0.815. The topological polar surface area (TPSA) is 66.0 Å². The molecule has 6 nitrogen and oxygen atoms in total. The van der Waals surface area contributed by atoms with Crippen molar-refractivity contribution < 1.29 is 9.53 Å². The number of thioether (sulfide) groups is 1. The number of halogens is 2. The quantitative estimate of drug-likeness (QED) is 0.365. The lowest BCUT2D eigenvalue weighted by Crippen LogP contribution is -2.38. The normalized spacial score (nSPS) is 24.8. The number of hydrogen-bond donors (Lipinski definition) is 2. The fraction of sp³-hybridized carbons (Fsp3) is 0.333. The van der Waals surface area contributed by atoms with Crippen LogP contribution in [0.3, 0.4) is 0 Å². The molecule has 1 atom stereocenters. The molecule has 142 valence electrons. The average molecular weight is 517 g/mol. The van der Waals surface area contributed by atoms with Crippen LogP contribution in [0.1, 0.15) is 12.5 Å². The van der Waals surface area contributed by atoms with Crippen LogP contribution in [-0.4, -0.2) is 42.4 Å². The minimum absolute atomic E-state index is 0.0834. The SMILES string of the molecule is CC(=O)Nc1cccc(C2(I)C=C3NC(Cl)=NC(N4CCOCC4)=C3S2)c1. The number of rotatable bonds is 3. The number of hydrogen-bond acceptors (Lipinski definition) is 6. The lowest BCUT2D eigenvalue weighted by atomic mass is 10.1.